The third kappa shape index (κ3) is 6.01. The molecule has 0 saturated heterocycles. The normalized spacial score (nSPS) is 9.96. The van der Waals surface area contributed by atoms with Crippen molar-refractivity contribution in [2.24, 2.45) is 0 Å². The number of carbonyl (C=O) groups is 2. The Hall–Kier alpha value is -3.22. The van der Waals surface area contributed by atoms with E-state index in [1.54, 1.807) is 25.3 Å². The number of rotatable bonds is 7. The molecule has 0 radical (unpaired) electrons. The molecule has 0 aliphatic rings. The first-order chi connectivity index (χ1) is 12.5. The molecule has 26 heavy (non-hydrogen) atoms. The van der Waals surface area contributed by atoms with Gasteiger partial charge in [-0.1, -0.05) is 12.1 Å². The van der Waals surface area contributed by atoms with Crippen molar-refractivity contribution in [3.8, 4) is 11.5 Å². The fourth-order valence-corrected chi connectivity index (χ4v) is 2.23. The molecule has 0 saturated carbocycles. The maximum Gasteiger partial charge on any atom is 0.319 e. The monoisotopic (exact) mass is 357 g/mol. The Morgan fingerprint density at radius 2 is 1.81 bits per heavy atom. The largest absolute Gasteiger partial charge is 0.497 e. The lowest BCUT2D eigenvalue weighted by Gasteiger charge is -2.12. The van der Waals surface area contributed by atoms with E-state index in [9.17, 15) is 9.59 Å². The number of carbonyl (C=O) groups excluding carboxylic acids is 2. The number of anilines is 2. The van der Waals surface area contributed by atoms with Gasteiger partial charge in [-0.3, -0.25) is 4.79 Å². The summed E-state index contributed by atoms with van der Waals surface area (Å²) < 4.78 is 10.7. The molecule has 0 heterocycles. The second-order valence-corrected chi connectivity index (χ2v) is 5.62. The summed E-state index contributed by atoms with van der Waals surface area (Å²) in [5.74, 6) is 1.21. The summed E-state index contributed by atoms with van der Waals surface area (Å²) in [5.41, 5.74) is 2.14. The molecule has 2 rings (SSSR count). The number of nitrogens with one attached hydrogen (secondary N) is 3. The Morgan fingerprint density at radius 3 is 2.54 bits per heavy atom. The molecule has 0 bridgehead atoms. The molecule has 0 aromatic heterocycles. The van der Waals surface area contributed by atoms with Gasteiger partial charge in [0.1, 0.15) is 18.1 Å². The number of hydrogen-bond acceptors (Lipinski definition) is 4. The Balaban J connectivity index is 1.80. The van der Waals surface area contributed by atoms with E-state index in [0.29, 0.717) is 36.0 Å². The first kappa shape index (κ1) is 19.1. The van der Waals surface area contributed by atoms with Gasteiger partial charge in [0.25, 0.3) is 0 Å². The minimum Gasteiger partial charge on any atom is -0.497 e. The van der Waals surface area contributed by atoms with Gasteiger partial charge in [-0.25, -0.2) is 4.79 Å². The van der Waals surface area contributed by atoms with E-state index in [2.05, 4.69) is 16.0 Å². The lowest BCUT2D eigenvalue weighted by molar-refractivity contribution is -0.114. The quantitative estimate of drug-likeness (QED) is 0.664. The first-order valence-corrected chi connectivity index (χ1v) is 8.18. The summed E-state index contributed by atoms with van der Waals surface area (Å²) in [6.07, 6.45) is 0. The Labute approximate surface area is 152 Å². The first-order valence-electron chi connectivity index (χ1n) is 8.18. The van der Waals surface area contributed by atoms with Gasteiger partial charge in [0.05, 0.1) is 13.7 Å². The number of hydrogen-bond donors (Lipinski definition) is 3. The Kier molecular flexibility index (Phi) is 6.84. The highest BCUT2D eigenvalue weighted by Crippen LogP contribution is 2.20. The fourth-order valence-electron chi connectivity index (χ4n) is 2.23. The molecule has 0 aliphatic heterocycles. The van der Waals surface area contributed by atoms with Crippen molar-refractivity contribution in [2.45, 2.75) is 13.8 Å². The number of benzene rings is 2. The molecule has 2 aromatic carbocycles. The second-order valence-electron chi connectivity index (χ2n) is 5.62. The molecule has 138 valence electrons. The van der Waals surface area contributed by atoms with Crippen molar-refractivity contribution >= 4 is 23.3 Å². The summed E-state index contributed by atoms with van der Waals surface area (Å²) in [6.45, 7) is 3.97. The van der Waals surface area contributed by atoms with E-state index in [1.807, 2.05) is 31.2 Å². The van der Waals surface area contributed by atoms with E-state index in [1.165, 1.54) is 6.92 Å². The molecule has 2 aromatic rings. The van der Waals surface area contributed by atoms with Gasteiger partial charge in [0.15, 0.2) is 0 Å². The average molecular weight is 357 g/mol. The maximum absolute atomic E-state index is 12.0. The SMILES string of the molecule is COc1cccc(OCCNC(=O)Nc2cc(NC(C)=O)ccc2C)c1. The van der Waals surface area contributed by atoms with Gasteiger partial charge >= 0.3 is 6.03 Å². The van der Waals surface area contributed by atoms with Crippen LogP contribution < -0.4 is 25.4 Å². The summed E-state index contributed by atoms with van der Waals surface area (Å²) in [4.78, 5) is 23.2. The van der Waals surface area contributed by atoms with Crippen LogP contribution in [0, 0.1) is 6.92 Å². The zero-order valence-electron chi connectivity index (χ0n) is 15.1. The summed E-state index contributed by atoms with van der Waals surface area (Å²) in [7, 11) is 1.59. The van der Waals surface area contributed by atoms with Crippen molar-refractivity contribution in [3.63, 3.8) is 0 Å². The zero-order chi connectivity index (χ0) is 18.9. The van der Waals surface area contributed by atoms with Gasteiger partial charge in [-0.2, -0.15) is 0 Å². The molecular weight excluding hydrogens is 334 g/mol. The molecular formula is C19H23N3O4. The van der Waals surface area contributed by atoms with Crippen LogP contribution in [0.4, 0.5) is 16.2 Å². The smallest absolute Gasteiger partial charge is 0.319 e. The van der Waals surface area contributed by atoms with E-state index in [-0.39, 0.29) is 11.9 Å². The topological polar surface area (TPSA) is 88.7 Å². The lowest BCUT2D eigenvalue weighted by atomic mass is 10.2. The van der Waals surface area contributed by atoms with Crippen LogP contribution in [0.5, 0.6) is 11.5 Å². The molecule has 0 aliphatic carbocycles. The molecule has 3 N–H and O–H groups in total. The van der Waals surface area contributed by atoms with Crippen LogP contribution >= 0.6 is 0 Å². The molecule has 0 spiro atoms. The van der Waals surface area contributed by atoms with Crippen molar-refractivity contribution in [2.75, 3.05) is 30.9 Å². The van der Waals surface area contributed by atoms with Crippen molar-refractivity contribution < 1.29 is 19.1 Å². The number of urea groups is 1. The van der Waals surface area contributed by atoms with E-state index in [4.69, 9.17) is 9.47 Å². The third-order valence-corrected chi connectivity index (χ3v) is 3.50. The zero-order valence-corrected chi connectivity index (χ0v) is 15.1. The van der Waals surface area contributed by atoms with Crippen LogP contribution in [0.25, 0.3) is 0 Å². The van der Waals surface area contributed by atoms with Crippen LogP contribution in [0.15, 0.2) is 42.5 Å². The highest BCUT2D eigenvalue weighted by atomic mass is 16.5. The average Bonchev–Trinajstić information content (AvgIpc) is 2.61. The van der Waals surface area contributed by atoms with Crippen LogP contribution in [0.2, 0.25) is 0 Å². The van der Waals surface area contributed by atoms with Crippen LogP contribution in [0.3, 0.4) is 0 Å². The maximum atomic E-state index is 12.0. The Bertz CT molecular complexity index is 777. The number of amides is 3. The van der Waals surface area contributed by atoms with Crippen molar-refractivity contribution in [1.82, 2.24) is 5.32 Å². The fraction of sp³-hybridized carbons (Fsp3) is 0.263. The predicted molar refractivity (Wildman–Crippen MR) is 101 cm³/mol. The van der Waals surface area contributed by atoms with Crippen molar-refractivity contribution in [3.05, 3.63) is 48.0 Å². The van der Waals surface area contributed by atoms with Crippen molar-refractivity contribution in [1.29, 1.82) is 0 Å². The van der Waals surface area contributed by atoms with Crippen LogP contribution in [-0.2, 0) is 4.79 Å². The number of aryl methyl sites for hydroxylation is 1. The predicted octanol–water partition coefficient (Wildman–Crippen LogP) is 3.16. The lowest BCUT2D eigenvalue weighted by Crippen LogP contribution is -2.32. The summed E-state index contributed by atoms with van der Waals surface area (Å²) >= 11 is 0. The van der Waals surface area contributed by atoms with E-state index in [0.717, 1.165) is 5.56 Å². The molecule has 7 heteroatoms. The van der Waals surface area contributed by atoms with Gasteiger partial charge in [-0.05, 0) is 36.8 Å². The van der Waals surface area contributed by atoms with E-state index >= 15 is 0 Å². The number of ether oxygens (including phenoxy) is 2. The second kappa shape index (κ2) is 9.31. The standard InChI is InChI=1S/C19H23N3O4/c1-13-7-8-15(21-14(2)23)11-18(13)22-19(24)20-9-10-26-17-6-4-5-16(12-17)25-3/h4-8,11-12H,9-10H2,1-3H3,(H,21,23)(H2,20,22,24). The molecule has 3 amide bonds. The van der Waals surface area contributed by atoms with Gasteiger partial charge in [-0.15, -0.1) is 0 Å². The summed E-state index contributed by atoms with van der Waals surface area (Å²) in [6, 6.07) is 12.2. The van der Waals surface area contributed by atoms with Gasteiger partial charge in [0.2, 0.25) is 5.91 Å². The highest BCUT2D eigenvalue weighted by molar-refractivity contribution is 5.93. The molecule has 0 unspecified atom stereocenters. The van der Waals surface area contributed by atoms with Crippen LogP contribution in [-0.4, -0.2) is 32.2 Å². The van der Waals surface area contributed by atoms with Gasteiger partial charge < -0.3 is 25.4 Å². The number of methoxy groups -OCH3 is 1. The minimum atomic E-state index is -0.345. The Morgan fingerprint density at radius 1 is 1.04 bits per heavy atom. The van der Waals surface area contributed by atoms with E-state index < -0.39 is 0 Å². The molecule has 7 nitrogen and oxygen atoms in total. The molecule has 0 atom stereocenters. The minimum absolute atomic E-state index is 0.168. The highest BCUT2D eigenvalue weighted by Gasteiger charge is 2.06. The van der Waals surface area contributed by atoms with Crippen LogP contribution in [0.1, 0.15) is 12.5 Å². The third-order valence-electron chi connectivity index (χ3n) is 3.50. The molecule has 0 fully saturated rings. The van der Waals surface area contributed by atoms with Gasteiger partial charge in [0, 0.05) is 24.4 Å². The summed E-state index contributed by atoms with van der Waals surface area (Å²) in [5, 5.41) is 8.17.